The third kappa shape index (κ3) is 4.89. The summed E-state index contributed by atoms with van der Waals surface area (Å²) in [6, 6.07) is 5.36. The van der Waals surface area contributed by atoms with E-state index in [4.69, 9.17) is 5.14 Å². The van der Waals surface area contributed by atoms with Crippen molar-refractivity contribution in [1.29, 1.82) is 0 Å². The van der Waals surface area contributed by atoms with Crippen molar-refractivity contribution in [1.82, 2.24) is 0 Å². The minimum absolute atomic E-state index is 0.0176. The molecule has 1 amide bonds. The molecule has 1 saturated heterocycles. The van der Waals surface area contributed by atoms with E-state index in [2.05, 4.69) is 0 Å². The minimum atomic E-state index is -4.37. The molecule has 2 rings (SSSR count). The van der Waals surface area contributed by atoms with Crippen molar-refractivity contribution in [2.24, 2.45) is 11.1 Å². The minimum Gasteiger partial charge on any atom is -0.312 e. The summed E-state index contributed by atoms with van der Waals surface area (Å²) >= 11 is -0.238. The van der Waals surface area contributed by atoms with Gasteiger partial charge in [-0.3, -0.25) is 4.79 Å². The number of amides is 1. The molecule has 1 atom stereocenters. The molecule has 5 nitrogen and oxygen atoms in total. The molecule has 1 unspecified atom stereocenters. The van der Waals surface area contributed by atoms with Gasteiger partial charge in [-0.2, -0.15) is 13.2 Å². The number of carbonyl (C=O) groups excluding carboxylic acids is 1. The molecule has 0 radical (unpaired) electrons. The van der Waals surface area contributed by atoms with E-state index in [0.29, 0.717) is 5.69 Å². The van der Waals surface area contributed by atoms with Gasteiger partial charge in [0, 0.05) is 29.5 Å². The van der Waals surface area contributed by atoms with Crippen LogP contribution in [0.4, 0.5) is 18.9 Å². The number of carbonyl (C=O) groups is 1. The van der Waals surface area contributed by atoms with Gasteiger partial charge in [-0.15, -0.1) is 0 Å². The number of alkyl halides is 3. The van der Waals surface area contributed by atoms with Gasteiger partial charge in [0.2, 0.25) is 15.9 Å². The van der Waals surface area contributed by atoms with Crippen LogP contribution in [0.1, 0.15) is 6.42 Å². The van der Waals surface area contributed by atoms with Gasteiger partial charge >= 0.3 is 5.51 Å². The van der Waals surface area contributed by atoms with Crippen LogP contribution < -0.4 is 10.0 Å². The number of primary sulfonamides is 1. The lowest BCUT2D eigenvalue weighted by atomic mass is 10.1. The lowest BCUT2D eigenvalue weighted by Gasteiger charge is -2.17. The van der Waals surface area contributed by atoms with E-state index in [1.807, 2.05) is 0 Å². The number of anilines is 1. The molecule has 1 fully saturated rings. The highest BCUT2D eigenvalue weighted by molar-refractivity contribution is 8.00. The molecule has 1 aliphatic rings. The number of hydrogen-bond acceptors (Lipinski definition) is 4. The molecule has 0 bridgehead atoms. The molecule has 0 spiro atoms. The molecule has 0 saturated carbocycles. The van der Waals surface area contributed by atoms with Crippen LogP contribution in [0.3, 0.4) is 0 Å². The van der Waals surface area contributed by atoms with Crippen LogP contribution in [0.2, 0.25) is 0 Å². The van der Waals surface area contributed by atoms with Crippen molar-refractivity contribution in [3.05, 3.63) is 24.3 Å². The zero-order valence-corrected chi connectivity index (χ0v) is 12.8. The first kappa shape index (κ1) is 17.1. The van der Waals surface area contributed by atoms with Crippen LogP contribution in [0.5, 0.6) is 0 Å². The monoisotopic (exact) mass is 354 g/mol. The van der Waals surface area contributed by atoms with Crippen LogP contribution in [0.15, 0.2) is 29.2 Å². The lowest BCUT2D eigenvalue weighted by Crippen LogP contribution is -2.27. The normalized spacial score (nSPS) is 19.7. The Hall–Kier alpha value is -1.26. The first-order chi connectivity index (χ1) is 10.0. The molecule has 10 heteroatoms. The summed E-state index contributed by atoms with van der Waals surface area (Å²) in [5.41, 5.74) is -3.93. The van der Waals surface area contributed by atoms with E-state index in [-0.39, 0.29) is 41.3 Å². The molecule has 1 aliphatic heterocycles. The molecular formula is C12H13F3N2O3S2. The van der Waals surface area contributed by atoms with E-state index >= 15 is 0 Å². The van der Waals surface area contributed by atoms with E-state index in [1.54, 1.807) is 0 Å². The second-order valence-corrected chi connectivity index (χ2v) is 7.74. The fourth-order valence-electron chi connectivity index (χ4n) is 2.30. The van der Waals surface area contributed by atoms with Crippen molar-refractivity contribution < 1.29 is 26.4 Å². The van der Waals surface area contributed by atoms with Crippen molar-refractivity contribution in [3.63, 3.8) is 0 Å². The molecule has 0 aliphatic carbocycles. The van der Waals surface area contributed by atoms with Gasteiger partial charge in [-0.05, 0) is 36.0 Å². The fourth-order valence-corrected chi connectivity index (χ4v) is 3.72. The summed E-state index contributed by atoms with van der Waals surface area (Å²) in [6.45, 7) is 0.182. The van der Waals surface area contributed by atoms with Gasteiger partial charge in [-0.1, -0.05) is 0 Å². The Bertz CT molecular complexity index is 659. The second kappa shape index (κ2) is 6.09. The van der Waals surface area contributed by atoms with Gasteiger partial charge < -0.3 is 4.90 Å². The second-order valence-electron chi connectivity index (χ2n) is 4.95. The van der Waals surface area contributed by atoms with Crippen LogP contribution in [-0.2, 0) is 14.8 Å². The van der Waals surface area contributed by atoms with E-state index in [9.17, 15) is 26.4 Å². The van der Waals surface area contributed by atoms with Gasteiger partial charge in [0.1, 0.15) is 0 Å². The fraction of sp³-hybridized carbons (Fsp3) is 0.417. The van der Waals surface area contributed by atoms with Crippen molar-refractivity contribution in [3.8, 4) is 0 Å². The average molecular weight is 354 g/mol. The van der Waals surface area contributed by atoms with Gasteiger partial charge in [0.15, 0.2) is 0 Å². The Morgan fingerprint density at radius 3 is 2.36 bits per heavy atom. The number of rotatable bonds is 4. The number of sulfonamides is 1. The van der Waals surface area contributed by atoms with Crippen molar-refractivity contribution >= 4 is 33.4 Å². The number of nitrogens with two attached hydrogens (primary N) is 1. The number of halogens is 3. The maximum Gasteiger partial charge on any atom is 0.446 e. The highest BCUT2D eigenvalue weighted by atomic mass is 32.2. The number of benzene rings is 1. The zero-order chi connectivity index (χ0) is 16.5. The topological polar surface area (TPSA) is 80.5 Å². The van der Waals surface area contributed by atoms with E-state index in [0.717, 1.165) is 0 Å². The summed E-state index contributed by atoms with van der Waals surface area (Å²) < 4.78 is 58.8. The summed E-state index contributed by atoms with van der Waals surface area (Å²) in [5, 5.41) is 4.96. The molecule has 2 N–H and O–H groups in total. The van der Waals surface area contributed by atoms with Crippen LogP contribution in [-0.4, -0.2) is 32.1 Å². The first-order valence-electron chi connectivity index (χ1n) is 6.20. The smallest absolute Gasteiger partial charge is 0.312 e. The third-order valence-corrected chi connectivity index (χ3v) is 4.73. The van der Waals surface area contributed by atoms with Crippen LogP contribution >= 0.6 is 11.8 Å². The van der Waals surface area contributed by atoms with Gasteiger partial charge in [-0.25, -0.2) is 13.6 Å². The Balaban J connectivity index is 2.07. The van der Waals surface area contributed by atoms with Crippen molar-refractivity contribution in [2.75, 3.05) is 17.2 Å². The zero-order valence-electron chi connectivity index (χ0n) is 11.2. The molecule has 1 aromatic rings. The highest BCUT2D eigenvalue weighted by Gasteiger charge is 2.33. The summed E-state index contributed by atoms with van der Waals surface area (Å²) in [7, 11) is -3.67. The molecule has 0 aromatic heterocycles. The van der Waals surface area contributed by atoms with Gasteiger partial charge in [0.25, 0.3) is 0 Å². The Kier molecular flexibility index (Phi) is 4.73. The van der Waals surface area contributed by atoms with Gasteiger partial charge in [0.05, 0.1) is 5.75 Å². The molecular weight excluding hydrogens is 341 g/mol. The molecule has 1 heterocycles. The number of thioether (sulfide) groups is 1. The van der Waals surface area contributed by atoms with E-state index < -0.39 is 21.4 Å². The molecule has 1 aromatic carbocycles. The Morgan fingerprint density at radius 2 is 1.86 bits per heavy atom. The Morgan fingerprint density at radius 1 is 1.27 bits per heavy atom. The molecule has 122 valence electrons. The highest BCUT2D eigenvalue weighted by Crippen LogP contribution is 2.37. The molecule has 22 heavy (non-hydrogen) atoms. The quantitative estimate of drug-likeness (QED) is 0.838. The standard InChI is InChI=1S/C12H13F3N2O3S2/c13-12(14,15)21-10-3-1-9(2-4-10)17-6-8(5-11(17)18)7-22(16,19)20/h1-4,8H,5-7H2,(H2,16,19,20). The number of nitrogens with zero attached hydrogens (tertiary/aromatic N) is 1. The van der Waals surface area contributed by atoms with Crippen molar-refractivity contribution in [2.45, 2.75) is 16.8 Å². The first-order valence-corrected chi connectivity index (χ1v) is 8.73. The van der Waals surface area contributed by atoms with Crippen LogP contribution in [0.25, 0.3) is 0 Å². The van der Waals surface area contributed by atoms with Crippen LogP contribution in [0, 0.1) is 5.92 Å². The predicted molar refractivity (Wildman–Crippen MR) is 76.8 cm³/mol. The third-order valence-electron chi connectivity index (χ3n) is 3.06. The SMILES string of the molecule is NS(=O)(=O)CC1CC(=O)N(c2ccc(SC(F)(F)F)cc2)C1. The summed E-state index contributed by atoms with van der Waals surface area (Å²) in [4.78, 5) is 13.3. The van der Waals surface area contributed by atoms with E-state index in [1.165, 1.54) is 29.2 Å². The predicted octanol–water partition coefficient (Wildman–Crippen LogP) is 1.94. The maximum atomic E-state index is 12.2. The largest absolute Gasteiger partial charge is 0.446 e. The average Bonchev–Trinajstić information content (AvgIpc) is 2.66. The maximum absolute atomic E-state index is 12.2. The summed E-state index contributed by atoms with van der Waals surface area (Å²) in [5.74, 6) is -0.978. The Labute approximate surface area is 129 Å². The number of hydrogen-bond donors (Lipinski definition) is 1. The lowest BCUT2D eigenvalue weighted by molar-refractivity contribution is -0.117. The summed E-state index contributed by atoms with van der Waals surface area (Å²) in [6.07, 6.45) is 0.0511.